The quantitative estimate of drug-likeness (QED) is 0.173. The van der Waals surface area contributed by atoms with Crippen LogP contribution >= 0.6 is 0 Å². The number of nitrogens with zero attached hydrogens (tertiary/aromatic N) is 1. The molecule has 0 radical (unpaired) electrons. The predicted molar refractivity (Wildman–Crippen MR) is 249 cm³/mol. The SMILES string of the molecule is CC1(C)c2ccccc2C2(c3ccccc3-c3ccccc32)c2cccc(-c3ccc(N(c4ccccc4)c4ccc(-c5ccc6c(c5)oc5ccccc56)cc4)cc3)c21. The number of anilines is 3. The van der Waals surface area contributed by atoms with Crippen LogP contribution < -0.4 is 4.90 Å². The summed E-state index contributed by atoms with van der Waals surface area (Å²) in [6.45, 7) is 4.83. The van der Waals surface area contributed by atoms with Gasteiger partial charge in [0, 0.05) is 33.2 Å². The maximum Gasteiger partial charge on any atom is 0.136 e. The fourth-order valence-electron chi connectivity index (χ4n) is 10.8. The van der Waals surface area contributed by atoms with Gasteiger partial charge in [-0.05, 0) is 121 Å². The molecule has 0 aliphatic heterocycles. The van der Waals surface area contributed by atoms with Gasteiger partial charge >= 0.3 is 0 Å². The number of rotatable bonds is 5. The summed E-state index contributed by atoms with van der Waals surface area (Å²) >= 11 is 0. The van der Waals surface area contributed by atoms with Gasteiger partial charge in [0.25, 0.3) is 0 Å². The maximum absolute atomic E-state index is 6.24. The van der Waals surface area contributed by atoms with Crippen LogP contribution in [0.3, 0.4) is 0 Å². The van der Waals surface area contributed by atoms with Gasteiger partial charge in [0.1, 0.15) is 11.2 Å². The smallest absolute Gasteiger partial charge is 0.136 e. The average Bonchev–Trinajstić information content (AvgIpc) is 3.83. The molecule has 2 aliphatic rings. The number of fused-ring (bicyclic) bond motifs is 12. The fraction of sp³-hybridized carbons (Fsp3) is 0.0690. The van der Waals surface area contributed by atoms with Gasteiger partial charge in [-0.1, -0.05) is 172 Å². The maximum atomic E-state index is 6.24. The molecule has 0 bridgehead atoms. The Morgan fingerprint density at radius 3 is 1.55 bits per heavy atom. The first-order valence-electron chi connectivity index (χ1n) is 20.9. The predicted octanol–water partition coefficient (Wildman–Crippen LogP) is 15.4. The third-order valence-corrected chi connectivity index (χ3v) is 13.3. The Labute approximate surface area is 350 Å². The van der Waals surface area contributed by atoms with Gasteiger partial charge in [0.05, 0.1) is 5.41 Å². The number of hydrogen-bond donors (Lipinski definition) is 0. The van der Waals surface area contributed by atoms with E-state index in [-0.39, 0.29) is 5.41 Å². The zero-order chi connectivity index (χ0) is 40.0. The molecule has 2 nitrogen and oxygen atoms in total. The van der Waals surface area contributed by atoms with Crippen molar-refractivity contribution in [3.8, 4) is 33.4 Å². The second-order valence-electron chi connectivity index (χ2n) is 16.8. The second-order valence-corrected chi connectivity index (χ2v) is 16.8. The van der Waals surface area contributed by atoms with Crippen LogP contribution in [0.4, 0.5) is 17.1 Å². The molecule has 1 spiro atoms. The number of para-hydroxylation sites is 2. The highest BCUT2D eigenvalue weighted by Gasteiger charge is 2.53. The normalized spacial score (nSPS) is 14.1. The van der Waals surface area contributed by atoms with E-state index in [1.54, 1.807) is 0 Å². The molecule has 0 saturated carbocycles. The molecular formula is C58H41NO. The molecule has 0 saturated heterocycles. The van der Waals surface area contributed by atoms with Crippen molar-refractivity contribution in [3.05, 3.63) is 246 Å². The van der Waals surface area contributed by atoms with Crippen molar-refractivity contribution in [1.29, 1.82) is 0 Å². The summed E-state index contributed by atoms with van der Waals surface area (Å²) in [5.41, 5.74) is 20.1. The van der Waals surface area contributed by atoms with Crippen LogP contribution in [0.5, 0.6) is 0 Å². The van der Waals surface area contributed by atoms with Crippen LogP contribution in [-0.4, -0.2) is 0 Å². The Morgan fingerprint density at radius 1 is 0.350 bits per heavy atom. The molecule has 2 aliphatic carbocycles. The Balaban J connectivity index is 0.968. The fourth-order valence-corrected chi connectivity index (χ4v) is 10.8. The van der Waals surface area contributed by atoms with Crippen molar-refractivity contribution < 1.29 is 4.42 Å². The Morgan fingerprint density at radius 2 is 0.850 bits per heavy atom. The lowest BCUT2D eigenvalue weighted by Crippen LogP contribution is -2.41. The van der Waals surface area contributed by atoms with E-state index in [1.165, 1.54) is 55.6 Å². The minimum Gasteiger partial charge on any atom is -0.456 e. The van der Waals surface area contributed by atoms with Crippen molar-refractivity contribution >= 4 is 39.0 Å². The van der Waals surface area contributed by atoms with Crippen LogP contribution in [0.15, 0.2) is 217 Å². The summed E-state index contributed by atoms with van der Waals surface area (Å²) in [4.78, 5) is 2.35. The van der Waals surface area contributed by atoms with Crippen LogP contribution in [0.25, 0.3) is 55.3 Å². The lowest BCUT2D eigenvalue weighted by molar-refractivity contribution is 0.565. The monoisotopic (exact) mass is 767 g/mol. The minimum atomic E-state index is -0.418. The Kier molecular flexibility index (Phi) is 7.52. The highest BCUT2D eigenvalue weighted by atomic mass is 16.3. The lowest BCUT2D eigenvalue weighted by Gasteiger charge is -2.47. The van der Waals surface area contributed by atoms with Crippen LogP contribution in [0.1, 0.15) is 47.2 Å². The molecule has 12 rings (SSSR count). The van der Waals surface area contributed by atoms with E-state index in [2.05, 4.69) is 219 Å². The van der Waals surface area contributed by atoms with Gasteiger partial charge in [-0.3, -0.25) is 0 Å². The average molecular weight is 768 g/mol. The van der Waals surface area contributed by atoms with E-state index >= 15 is 0 Å². The third kappa shape index (κ3) is 4.88. The second kappa shape index (κ2) is 13.0. The Hall–Kier alpha value is -7.42. The first-order chi connectivity index (χ1) is 29.5. The summed E-state index contributed by atoms with van der Waals surface area (Å²) in [5, 5.41) is 2.29. The molecule has 2 heteroatoms. The summed E-state index contributed by atoms with van der Waals surface area (Å²) in [6, 6.07) is 77.8. The van der Waals surface area contributed by atoms with Crippen molar-refractivity contribution in [2.24, 2.45) is 0 Å². The molecule has 1 heterocycles. The zero-order valence-corrected chi connectivity index (χ0v) is 33.6. The van der Waals surface area contributed by atoms with Gasteiger partial charge in [0.2, 0.25) is 0 Å². The van der Waals surface area contributed by atoms with E-state index in [4.69, 9.17) is 4.42 Å². The van der Waals surface area contributed by atoms with Gasteiger partial charge in [-0.25, -0.2) is 0 Å². The molecule has 0 unspecified atom stereocenters. The van der Waals surface area contributed by atoms with Crippen LogP contribution in [-0.2, 0) is 10.8 Å². The van der Waals surface area contributed by atoms with Crippen molar-refractivity contribution in [3.63, 3.8) is 0 Å². The highest BCUT2D eigenvalue weighted by Crippen LogP contribution is 2.63. The van der Waals surface area contributed by atoms with Gasteiger partial charge in [-0.15, -0.1) is 0 Å². The van der Waals surface area contributed by atoms with Gasteiger partial charge in [-0.2, -0.15) is 0 Å². The molecule has 0 atom stereocenters. The number of benzene rings is 9. The van der Waals surface area contributed by atoms with Crippen molar-refractivity contribution in [2.45, 2.75) is 24.7 Å². The minimum absolute atomic E-state index is 0.244. The third-order valence-electron chi connectivity index (χ3n) is 13.3. The molecular weight excluding hydrogens is 727 g/mol. The first-order valence-corrected chi connectivity index (χ1v) is 20.9. The molecule has 1 aromatic heterocycles. The van der Waals surface area contributed by atoms with Crippen LogP contribution in [0.2, 0.25) is 0 Å². The van der Waals surface area contributed by atoms with Crippen molar-refractivity contribution in [2.75, 3.05) is 4.90 Å². The topological polar surface area (TPSA) is 16.4 Å². The molecule has 10 aromatic rings. The summed E-state index contributed by atoms with van der Waals surface area (Å²) in [5.74, 6) is 0. The molecule has 0 fully saturated rings. The van der Waals surface area contributed by atoms with Crippen LogP contribution in [0, 0.1) is 0 Å². The lowest BCUT2D eigenvalue weighted by atomic mass is 9.54. The molecule has 284 valence electrons. The van der Waals surface area contributed by atoms with Crippen molar-refractivity contribution in [1.82, 2.24) is 0 Å². The summed E-state index contributed by atoms with van der Waals surface area (Å²) in [7, 11) is 0. The largest absolute Gasteiger partial charge is 0.456 e. The standard InChI is InChI=1S/C58H41NO/c1-57(2)51-23-11-12-24-52(51)58(49-21-9-6-17-45(49)46-18-7-10-22-50(46)58)53-25-14-20-44(56(53)57)39-29-34-43(35-30-39)59(41-15-4-3-5-16-41)42-32-27-38(28-33-42)40-31-36-48-47-19-8-13-26-54(47)60-55(48)37-40/h3-37H,1-2H3. The molecule has 9 aromatic carbocycles. The number of furan rings is 1. The summed E-state index contributed by atoms with van der Waals surface area (Å²) in [6.07, 6.45) is 0. The Bertz CT molecular complexity index is 3230. The van der Waals surface area contributed by atoms with E-state index in [0.29, 0.717) is 0 Å². The van der Waals surface area contributed by atoms with Gasteiger partial charge in [0.15, 0.2) is 0 Å². The van der Waals surface area contributed by atoms with E-state index in [0.717, 1.165) is 50.1 Å². The number of hydrogen-bond acceptors (Lipinski definition) is 2. The molecule has 0 amide bonds. The van der Waals surface area contributed by atoms with E-state index < -0.39 is 5.41 Å². The van der Waals surface area contributed by atoms with E-state index in [9.17, 15) is 0 Å². The summed E-state index contributed by atoms with van der Waals surface area (Å²) < 4.78 is 6.24. The molecule has 60 heavy (non-hydrogen) atoms. The first kappa shape index (κ1) is 34.6. The highest BCUT2D eigenvalue weighted by molar-refractivity contribution is 6.06. The molecule has 0 N–H and O–H groups in total. The van der Waals surface area contributed by atoms with E-state index in [1.807, 2.05) is 12.1 Å². The zero-order valence-electron chi connectivity index (χ0n) is 33.6. The van der Waals surface area contributed by atoms with Gasteiger partial charge < -0.3 is 9.32 Å².